The Balaban J connectivity index is 1.46. The number of fused-ring (bicyclic) bond motifs is 1. The number of ether oxygens (including phenoxy) is 1. The molecule has 0 bridgehead atoms. The monoisotopic (exact) mass is 494 g/mol. The lowest BCUT2D eigenvalue weighted by Gasteiger charge is -2.13. The van der Waals surface area contributed by atoms with Gasteiger partial charge in [-0.1, -0.05) is 17.7 Å². The van der Waals surface area contributed by atoms with Crippen LogP contribution in [0.25, 0.3) is 0 Å². The number of nitrogens with zero attached hydrogens (tertiary/aromatic N) is 1. The summed E-state index contributed by atoms with van der Waals surface area (Å²) in [5.41, 5.74) is 9.93. The number of halogens is 1. The number of hydrogen-bond acceptors (Lipinski definition) is 6. The summed E-state index contributed by atoms with van der Waals surface area (Å²) in [5.74, 6) is -0.185. The van der Waals surface area contributed by atoms with Crippen molar-refractivity contribution in [2.45, 2.75) is 26.2 Å². The maximum absolute atomic E-state index is 12.7. The minimum absolute atomic E-state index is 0.0702. The molecule has 1 aliphatic carbocycles. The Morgan fingerprint density at radius 3 is 2.43 bits per heavy atom. The molecule has 3 aromatic rings. The first-order valence-corrected chi connectivity index (χ1v) is 11.2. The molecule has 1 aromatic heterocycles. The smallest absolute Gasteiger partial charge is 0.305 e. The number of carbonyl (C=O) groups is 3. The quantitative estimate of drug-likeness (QED) is 0.466. The fourth-order valence-corrected chi connectivity index (χ4v) is 3.98. The Labute approximate surface area is 206 Å². The maximum Gasteiger partial charge on any atom is 0.305 e. The summed E-state index contributed by atoms with van der Waals surface area (Å²) in [7, 11) is 1.53. The van der Waals surface area contributed by atoms with E-state index in [0.29, 0.717) is 57.3 Å². The minimum atomic E-state index is -0.596. The highest BCUT2D eigenvalue weighted by Crippen LogP contribution is 2.29. The topological polar surface area (TPSA) is 122 Å². The van der Waals surface area contributed by atoms with Crippen molar-refractivity contribution in [1.82, 2.24) is 16.3 Å². The third-order valence-electron chi connectivity index (χ3n) is 5.55. The molecule has 0 aliphatic heterocycles. The van der Waals surface area contributed by atoms with Crippen molar-refractivity contribution < 1.29 is 23.5 Å². The van der Waals surface area contributed by atoms with E-state index >= 15 is 0 Å². The van der Waals surface area contributed by atoms with Gasteiger partial charge in [0, 0.05) is 33.7 Å². The van der Waals surface area contributed by atoms with Crippen LogP contribution in [0.3, 0.4) is 0 Å². The third kappa shape index (κ3) is 5.36. The van der Waals surface area contributed by atoms with Gasteiger partial charge < -0.3 is 9.15 Å². The Hall–Kier alpha value is -4.11. The highest BCUT2D eigenvalue weighted by atomic mass is 35.5. The molecule has 0 unspecified atom stereocenters. The largest absolute Gasteiger partial charge is 0.497 e. The van der Waals surface area contributed by atoms with E-state index in [0.717, 1.165) is 6.42 Å². The average molecular weight is 495 g/mol. The van der Waals surface area contributed by atoms with Gasteiger partial charge in [0.15, 0.2) is 5.76 Å². The van der Waals surface area contributed by atoms with Gasteiger partial charge in [0.1, 0.15) is 11.5 Å². The SMILES string of the molecule is COc1ccc(C(=O)NNC(=O)c2oc3c(c2C)/C(=N/NC(=O)c2cccc(Cl)c2)CCC3)cc1. The second kappa shape index (κ2) is 10.4. The van der Waals surface area contributed by atoms with Crippen molar-refractivity contribution in [2.24, 2.45) is 5.10 Å². The van der Waals surface area contributed by atoms with Crippen molar-refractivity contribution in [3.05, 3.63) is 87.3 Å². The van der Waals surface area contributed by atoms with Gasteiger partial charge in [0.05, 0.1) is 12.8 Å². The summed E-state index contributed by atoms with van der Waals surface area (Å²) in [6.07, 6.45) is 1.99. The summed E-state index contributed by atoms with van der Waals surface area (Å²) >= 11 is 5.95. The van der Waals surface area contributed by atoms with Crippen LogP contribution in [0.15, 0.2) is 58.0 Å². The molecular formula is C25H23ClN4O5. The zero-order chi connectivity index (χ0) is 24.9. The van der Waals surface area contributed by atoms with E-state index in [9.17, 15) is 14.4 Å². The lowest BCUT2D eigenvalue weighted by molar-refractivity contribution is 0.0829. The van der Waals surface area contributed by atoms with Crippen LogP contribution in [0.1, 0.15) is 61.0 Å². The molecule has 180 valence electrons. The number of hydrazine groups is 1. The molecular weight excluding hydrogens is 472 g/mol. The van der Waals surface area contributed by atoms with Crippen LogP contribution in [0, 0.1) is 6.92 Å². The molecule has 4 rings (SSSR count). The second-order valence-corrected chi connectivity index (χ2v) is 8.29. The Morgan fingerprint density at radius 2 is 1.71 bits per heavy atom. The first-order valence-electron chi connectivity index (χ1n) is 10.9. The van der Waals surface area contributed by atoms with Crippen LogP contribution >= 0.6 is 11.6 Å². The van der Waals surface area contributed by atoms with E-state index in [2.05, 4.69) is 21.4 Å². The van der Waals surface area contributed by atoms with Gasteiger partial charge in [-0.05, 0) is 62.2 Å². The number of amides is 3. The zero-order valence-corrected chi connectivity index (χ0v) is 19.9. The molecule has 3 amide bonds. The maximum atomic E-state index is 12.7. The van der Waals surface area contributed by atoms with Crippen molar-refractivity contribution in [3.8, 4) is 5.75 Å². The Morgan fingerprint density at radius 1 is 0.971 bits per heavy atom. The number of rotatable bonds is 5. The standard InChI is InChI=1S/C25H23ClN4O5/c1-14-21-19(27-28-24(32)16-5-3-6-17(26)13-16)7-4-8-20(21)35-22(14)25(33)30-29-23(31)15-9-11-18(34-2)12-10-15/h3,5-6,9-13H,4,7-8H2,1-2H3,(H,28,32)(H,29,31)(H,30,33)/b27-19+. The van der Waals surface area contributed by atoms with Crippen molar-refractivity contribution in [3.63, 3.8) is 0 Å². The molecule has 3 N–H and O–H groups in total. The molecule has 1 aliphatic rings. The molecule has 0 saturated heterocycles. The number of nitrogens with one attached hydrogen (secondary N) is 3. The number of aryl methyl sites for hydroxylation is 1. The van der Waals surface area contributed by atoms with Crippen molar-refractivity contribution >= 4 is 35.0 Å². The van der Waals surface area contributed by atoms with Gasteiger partial charge in [-0.15, -0.1) is 0 Å². The van der Waals surface area contributed by atoms with Crippen LogP contribution in [0.4, 0.5) is 0 Å². The van der Waals surface area contributed by atoms with E-state index in [-0.39, 0.29) is 5.76 Å². The molecule has 0 radical (unpaired) electrons. The lowest BCUT2D eigenvalue weighted by Crippen LogP contribution is -2.41. The molecule has 0 atom stereocenters. The molecule has 0 fully saturated rings. The number of furan rings is 1. The van der Waals surface area contributed by atoms with E-state index < -0.39 is 17.7 Å². The summed E-state index contributed by atoms with van der Waals surface area (Å²) in [4.78, 5) is 37.5. The molecule has 10 heteroatoms. The number of methoxy groups -OCH3 is 1. The van der Waals surface area contributed by atoms with Crippen LogP contribution in [0.5, 0.6) is 5.75 Å². The molecule has 9 nitrogen and oxygen atoms in total. The van der Waals surface area contributed by atoms with E-state index in [1.54, 1.807) is 55.5 Å². The normalized spacial score (nSPS) is 13.6. The van der Waals surface area contributed by atoms with E-state index in [4.69, 9.17) is 20.8 Å². The predicted octanol–water partition coefficient (Wildman–Crippen LogP) is 3.80. The van der Waals surface area contributed by atoms with E-state index in [1.165, 1.54) is 7.11 Å². The first-order chi connectivity index (χ1) is 16.9. The predicted molar refractivity (Wildman–Crippen MR) is 130 cm³/mol. The Kier molecular flexibility index (Phi) is 7.17. The van der Waals surface area contributed by atoms with Gasteiger partial charge in [0.25, 0.3) is 11.8 Å². The highest BCUT2D eigenvalue weighted by Gasteiger charge is 2.28. The third-order valence-corrected chi connectivity index (χ3v) is 5.79. The van der Waals surface area contributed by atoms with Crippen LogP contribution in [0.2, 0.25) is 5.02 Å². The van der Waals surface area contributed by atoms with E-state index in [1.807, 2.05) is 0 Å². The molecule has 2 aromatic carbocycles. The lowest BCUT2D eigenvalue weighted by atomic mass is 9.93. The molecule has 0 saturated carbocycles. The van der Waals surface area contributed by atoms with Gasteiger partial charge in [-0.2, -0.15) is 5.10 Å². The van der Waals surface area contributed by atoms with Gasteiger partial charge in [-0.3, -0.25) is 25.2 Å². The zero-order valence-electron chi connectivity index (χ0n) is 19.1. The van der Waals surface area contributed by atoms with Gasteiger partial charge >= 0.3 is 5.91 Å². The fraction of sp³-hybridized carbons (Fsp3) is 0.200. The number of benzene rings is 2. The van der Waals surface area contributed by atoms with Crippen LogP contribution in [-0.4, -0.2) is 30.5 Å². The minimum Gasteiger partial charge on any atom is -0.497 e. The summed E-state index contributed by atoms with van der Waals surface area (Å²) in [6.45, 7) is 1.74. The summed E-state index contributed by atoms with van der Waals surface area (Å²) in [6, 6.07) is 13.0. The fourth-order valence-electron chi connectivity index (χ4n) is 3.79. The van der Waals surface area contributed by atoms with Gasteiger partial charge in [-0.25, -0.2) is 5.43 Å². The molecule has 35 heavy (non-hydrogen) atoms. The average Bonchev–Trinajstić information content (AvgIpc) is 3.22. The molecule has 0 spiro atoms. The first kappa shape index (κ1) is 24.0. The Bertz CT molecular complexity index is 1310. The van der Waals surface area contributed by atoms with Crippen LogP contribution in [-0.2, 0) is 6.42 Å². The number of hydrazone groups is 1. The summed E-state index contributed by atoms with van der Waals surface area (Å²) < 4.78 is 10.9. The van der Waals surface area contributed by atoms with Crippen LogP contribution < -0.4 is 21.0 Å². The van der Waals surface area contributed by atoms with Crippen molar-refractivity contribution in [1.29, 1.82) is 0 Å². The highest BCUT2D eigenvalue weighted by molar-refractivity contribution is 6.31. The van der Waals surface area contributed by atoms with Gasteiger partial charge in [0.2, 0.25) is 0 Å². The second-order valence-electron chi connectivity index (χ2n) is 7.85. The summed E-state index contributed by atoms with van der Waals surface area (Å²) in [5, 5.41) is 4.74. The number of hydrogen-bond donors (Lipinski definition) is 3. The molecule has 1 heterocycles. The van der Waals surface area contributed by atoms with Crippen molar-refractivity contribution in [2.75, 3.05) is 7.11 Å². The number of carbonyl (C=O) groups excluding carboxylic acids is 3.